The van der Waals surface area contributed by atoms with E-state index >= 15 is 0 Å². The van der Waals surface area contributed by atoms with Crippen LogP contribution in [0.1, 0.15) is 55.4 Å². The zero-order valence-electron chi connectivity index (χ0n) is 15.9. The van der Waals surface area contributed by atoms with E-state index in [0.29, 0.717) is 5.69 Å². The van der Waals surface area contributed by atoms with Gasteiger partial charge in [-0.1, -0.05) is 43.9 Å². The van der Waals surface area contributed by atoms with Crippen LogP contribution in [0.3, 0.4) is 0 Å². The van der Waals surface area contributed by atoms with Crippen molar-refractivity contribution >= 4 is 17.5 Å². The van der Waals surface area contributed by atoms with Crippen LogP contribution in [0, 0.1) is 0 Å². The lowest BCUT2D eigenvalue weighted by Gasteiger charge is -2.16. The molecule has 0 atom stereocenters. The maximum atomic E-state index is 12.3. The molecule has 1 aromatic heterocycles. The van der Waals surface area contributed by atoms with Crippen LogP contribution in [0.5, 0.6) is 0 Å². The zero-order valence-corrected chi connectivity index (χ0v) is 15.9. The van der Waals surface area contributed by atoms with Crippen LogP contribution in [0.2, 0.25) is 0 Å². The van der Waals surface area contributed by atoms with Gasteiger partial charge in [0, 0.05) is 24.2 Å². The van der Waals surface area contributed by atoms with E-state index in [1.54, 1.807) is 12.1 Å². The van der Waals surface area contributed by atoms with E-state index in [4.69, 9.17) is 0 Å². The Morgan fingerprint density at radius 3 is 2.43 bits per heavy atom. The maximum Gasteiger partial charge on any atom is 0.276 e. The predicted octanol–water partition coefficient (Wildman–Crippen LogP) is 2.72. The molecule has 2 aromatic rings. The number of hydrogen-bond acceptors (Lipinski definition) is 4. The summed E-state index contributed by atoms with van der Waals surface area (Å²) in [4.78, 5) is 36.6. The minimum Gasteiger partial charge on any atom is -0.353 e. The number of nitrogens with zero attached hydrogens (tertiary/aromatic N) is 2. The average molecular weight is 382 g/mol. The molecule has 0 bridgehead atoms. The van der Waals surface area contributed by atoms with E-state index in [-0.39, 0.29) is 36.2 Å². The highest BCUT2D eigenvalue weighted by atomic mass is 16.2. The fraction of sp³-hybridized carbons (Fsp3) is 0.429. The third-order valence-corrected chi connectivity index (χ3v) is 4.90. The van der Waals surface area contributed by atoms with Gasteiger partial charge in [-0.3, -0.25) is 14.4 Å². The van der Waals surface area contributed by atoms with E-state index in [1.807, 2.05) is 18.2 Å². The van der Waals surface area contributed by atoms with Crippen molar-refractivity contribution in [2.75, 3.05) is 5.32 Å². The fourth-order valence-electron chi connectivity index (χ4n) is 3.38. The van der Waals surface area contributed by atoms with Gasteiger partial charge in [0.25, 0.3) is 11.5 Å². The van der Waals surface area contributed by atoms with Crippen molar-refractivity contribution in [3.63, 3.8) is 0 Å². The second-order valence-corrected chi connectivity index (χ2v) is 7.11. The Kier molecular flexibility index (Phi) is 6.94. The minimum atomic E-state index is -0.400. The molecule has 3 rings (SSSR count). The summed E-state index contributed by atoms with van der Waals surface area (Å²) in [6.45, 7) is 0.143. The molecule has 148 valence electrons. The maximum absolute atomic E-state index is 12.3. The SMILES string of the molecule is O=C(CCn1nc(C(=O)Nc2ccccc2)ccc1=O)NC1CCCCCC1. The van der Waals surface area contributed by atoms with Gasteiger partial charge in [-0.15, -0.1) is 0 Å². The summed E-state index contributed by atoms with van der Waals surface area (Å²) in [5.41, 5.74) is 0.445. The molecule has 2 N–H and O–H groups in total. The number of aromatic nitrogens is 2. The first kappa shape index (κ1) is 19.8. The van der Waals surface area contributed by atoms with E-state index < -0.39 is 5.91 Å². The molecule has 28 heavy (non-hydrogen) atoms. The standard InChI is InChI=1S/C21H26N4O3/c26-19(22-16-8-4-1-2-5-9-16)14-15-25-20(27)13-12-18(24-25)21(28)23-17-10-6-3-7-11-17/h3,6-7,10-13,16H,1-2,4-5,8-9,14-15H2,(H,22,26)(H,23,28). The minimum absolute atomic E-state index is 0.0836. The van der Waals surface area contributed by atoms with Crippen LogP contribution in [0.25, 0.3) is 0 Å². The first-order valence-corrected chi connectivity index (χ1v) is 9.86. The van der Waals surface area contributed by atoms with Gasteiger partial charge in [-0.2, -0.15) is 5.10 Å². The van der Waals surface area contributed by atoms with Gasteiger partial charge in [0.2, 0.25) is 5.91 Å². The van der Waals surface area contributed by atoms with E-state index in [2.05, 4.69) is 15.7 Å². The smallest absolute Gasteiger partial charge is 0.276 e. The van der Waals surface area contributed by atoms with Crippen molar-refractivity contribution in [3.05, 3.63) is 58.5 Å². The molecule has 1 aliphatic rings. The Balaban J connectivity index is 1.57. The highest BCUT2D eigenvalue weighted by Gasteiger charge is 2.15. The van der Waals surface area contributed by atoms with Gasteiger partial charge in [0.05, 0.1) is 6.54 Å². The summed E-state index contributed by atoms with van der Waals surface area (Å²) in [5.74, 6) is -0.484. The van der Waals surface area contributed by atoms with Gasteiger partial charge < -0.3 is 10.6 Å². The molecule has 0 unspecified atom stereocenters. The number of amides is 2. The summed E-state index contributed by atoms with van der Waals surface area (Å²) >= 11 is 0. The Morgan fingerprint density at radius 1 is 1.00 bits per heavy atom. The van der Waals surface area contributed by atoms with Crippen LogP contribution >= 0.6 is 0 Å². The molecule has 1 heterocycles. The number of carbonyl (C=O) groups excluding carboxylic acids is 2. The Labute approximate surface area is 164 Å². The second-order valence-electron chi connectivity index (χ2n) is 7.11. The van der Waals surface area contributed by atoms with Crippen LogP contribution in [-0.2, 0) is 11.3 Å². The third-order valence-electron chi connectivity index (χ3n) is 4.90. The molecule has 0 aliphatic heterocycles. The van der Waals surface area contributed by atoms with E-state index in [9.17, 15) is 14.4 Å². The first-order valence-electron chi connectivity index (χ1n) is 9.86. The highest BCUT2D eigenvalue weighted by molar-refractivity contribution is 6.02. The Morgan fingerprint density at radius 2 is 1.71 bits per heavy atom. The number of para-hydroxylation sites is 1. The van der Waals surface area contributed by atoms with Gasteiger partial charge in [0.15, 0.2) is 0 Å². The first-order chi connectivity index (χ1) is 13.6. The third kappa shape index (κ3) is 5.77. The Hall–Kier alpha value is -2.96. The van der Waals surface area contributed by atoms with Gasteiger partial charge in [-0.05, 0) is 31.0 Å². The largest absolute Gasteiger partial charge is 0.353 e. The molecule has 1 saturated carbocycles. The molecular formula is C21H26N4O3. The highest BCUT2D eigenvalue weighted by Crippen LogP contribution is 2.17. The van der Waals surface area contributed by atoms with Crippen LogP contribution in [0.4, 0.5) is 5.69 Å². The number of hydrogen-bond donors (Lipinski definition) is 2. The molecule has 0 saturated heterocycles. The van der Waals surface area contributed by atoms with Crippen molar-refractivity contribution < 1.29 is 9.59 Å². The molecule has 1 fully saturated rings. The lowest BCUT2D eigenvalue weighted by Crippen LogP contribution is -2.36. The number of nitrogens with one attached hydrogen (secondary N) is 2. The van der Waals surface area contributed by atoms with Crippen LogP contribution in [-0.4, -0.2) is 27.6 Å². The number of rotatable bonds is 6. The van der Waals surface area contributed by atoms with E-state index in [1.165, 1.54) is 29.7 Å². The summed E-state index contributed by atoms with van der Waals surface area (Å²) < 4.78 is 1.17. The second kappa shape index (κ2) is 9.82. The number of aryl methyl sites for hydroxylation is 1. The van der Waals surface area contributed by atoms with Crippen LogP contribution < -0.4 is 16.2 Å². The molecule has 1 aliphatic carbocycles. The van der Waals surface area contributed by atoms with Crippen molar-refractivity contribution in [1.29, 1.82) is 0 Å². The topological polar surface area (TPSA) is 93.1 Å². The van der Waals surface area contributed by atoms with Crippen molar-refractivity contribution in [2.24, 2.45) is 0 Å². The lowest BCUT2D eigenvalue weighted by atomic mass is 10.1. The lowest BCUT2D eigenvalue weighted by molar-refractivity contribution is -0.122. The van der Waals surface area contributed by atoms with Crippen molar-refractivity contribution in [1.82, 2.24) is 15.1 Å². The molecule has 1 aromatic carbocycles. The molecule has 7 heteroatoms. The summed E-state index contributed by atoms with van der Waals surface area (Å²) in [6.07, 6.45) is 6.92. The van der Waals surface area contributed by atoms with Gasteiger partial charge in [0.1, 0.15) is 5.69 Å². The molecule has 2 amide bonds. The molecule has 7 nitrogen and oxygen atoms in total. The number of anilines is 1. The van der Waals surface area contributed by atoms with Crippen LogP contribution in [0.15, 0.2) is 47.3 Å². The van der Waals surface area contributed by atoms with E-state index in [0.717, 1.165) is 25.7 Å². The predicted molar refractivity (Wildman–Crippen MR) is 107 cm³/mol. The Bertz CT molecular complexity index is 855. The van der Waals surface area contributed by atoms with Gasteiger partial charge in [-0.25, -0.2) is 4.68 Å². The number of carbonyl (C=O) groups is 2. The average Bonchev–Trinajstić information content (AvgIpc) is 2.96. The number of benzene rings is 1. The summed E-state index contributed by atoms with van der Waals surface area (Å²) in [6, 6.07) is 11.9. The summed E-state index contributed by atoms with van der Waals surface area (Å²) in [7, 11) is 0. The molecular weight excluding hydrogens is 356 g/mol. The molecule has 0 radical (unpaired) electrons. The van der Waals surface area contributed by atoms with Crippen molar-refractivity contribution in [2.45, 2.75) is 57.5 Å². The monoisotopic (exact) mass is 382 g/mol. The summed E-state index contributed by atoms with van der Waals surface area (Å²) in [5, 5.41) is 9.91. The fourth-order valence-corrected chi connectivity index (χ4v) is 3.38. The van der Waals surface area contributed by atoms with Crippen molar-refractivity contribution in [3.8, 4) is 0 Å². The van der Waals surface area contributed by atoms with Gasteiger partial charge >= 0.3 is 0 Å². The zero-order chi connectivity index (χ0) is 19.8. The normalized spacial score (nSPS) is 14.9. The quantitative estimate of drug-likeness (QED) is 0.751. The molecule has 0 spiro atoms.